The lowest BCUT2D eigenvalue weighted by atomic mass is 10.2. The molecule has 4 rings (SSSR count). The van der Waals surface area contributed by atoms with Gasteiger partial charge in [0, 0.05) is 5.88 Å². The van der Waals surface area contributed by atoms with Crippen LogP contribution in [-0.2, 0) is 5.88 Å². The third-order valence-corrected chi connectivity index (χ3v) is 7.11. The first-order valence-electron chi connectivity index (χ1n) is 9.46. The van der Waals surface area contributed by atoms with Gasteiger partial charge in [-0.25, -0.2) is 0 Å². The normalized spacial score (nSPS) is 10.2. The zero-order valence-corrected chi connectivity index (χ0v) is 18.1. The van der Waals surface area contributed by atoms with E-state index in [1.165, 1.54) is 15.9 Å². The summed E-state index contributed by atoms with van der Waals surface area (Å²) in [6.45, 7) is 0. The van der Waals surface area contributed by atoms with Crippen molar-refractivity contribution in [3.63, 3.8) is 0 Å². The van der Waals surface area contributed by atoms with Gasteiger partial charge in [0.15, 0.2) is 0 Å². The summed E-state index contributed by atoms with van der Waals surface area (Å²) in [6, 6.07) is 40.0. The first-order chi connectivity index (χ1) is 14.3. The Kier molecular flexibility index (Phi) is 8.31. The molecular weight excluding hydrogens is 395 g/mol. The molecule has 0 aliphatic heterocycles. The topological polar surface area (TPSA) is 9.23 Å². The van der Waals surface area contributed by atoms with Gasteiger partial charge in [0.1, 0.15) is 5.75 Å². The van der Waals surface area contributed by atoms with Crippen molar-refractivity contribution < 1.29 is 4.74 Å². The number of hydrogen-bond donors (Lipinski definition) is 0. The maximum atomic E-state index is 5.58. The number of methoxy groups -OCH3 is 1. The van der Waals surface area contributed by atoms with Crippen molar-refractivity contribution in [3.8, 4) is 5.75 Å². The van der Waals surface area contributed by atoms with Crippen LogP contribution in [0.5, 0.6) is 5.75 Å². The number of ether oxygens (including phenoxy) is 1. The molecule has 0 bridgehead atoms. The summed E-state index contributed by atoms with van der Waals surface area (Å²) in [5, 5.41) is 4.19. The van der Waals surface area contributed by atoms with Crippen molar-refractivity contribution in [2.24, 2.45) is 0 Å². The lowest BCUT2D eigenvalue weighted by molar-refractivity contribution is 0.414. The molecule has 0 atom stereocenters. The maximum Gasteiger partial charge on any atom is 0.118 e. The van der Waals surface area contributed by atoms with E-state index in [2.05, 4.69) is 91.0 Å². The van der Waals surface area contributed by atoms with Gasteiger partial charge in [-0.1, -0.05) is 103 Å². The molecule has 0 aliphatic rings. The maximum absolute atomic E-state index is 5.58. The third kappa shape index (κ3) is 6.19. The summed E-state index contributed by atoms with van der Waals surface area (Å²) in [6.07, 6.45) is 0. The fraction of sp³-hybridized carbons (Fsp3) is 0.0769. The molecule has 29 heavy (non-hydrogen) atoms. The van der Waals surface area contributed by atoms with E-state index in [1.54, 1.807) is 7.11 Å². The second-order valence-electron chi connectivity index (χ2n) is 6.32. The first kappa shape index (κ1) is 21.1. The van der Waals surface area contributed by atoms with Gasteiger partial charge in [0.05, 0.1) is 7.11 Å². The molecule has 0 fully saturated rings. The molecule has 0 aromatic heterocycles. The van der Waals surface area contributed by atoms with Crippen LogP contribution in [0.15, 0.2) is 115 Å². The molecule has 0 radical (unpaired) electrons. The Morgan fingerprint density at radius 3 is 1.28 bits per heavy atom. The van der Waals surface area contributed by atoms with E-state index in [0.717, 1.165) is 11.3 Å². The molecule has 0 saturated carbocycles. The van der Waals surface area contributed by atoms with E-state index in [1.807, 2.05) is 24.3 Å². The second kappa shape index (κ2) is 11.4. The van der Waals surface area contributed by atoms with E-state index in [9.17, 15) is 0 Å². The minimum Gasteiger partial charge on any atom is -0.497 e. The van der Waals surface area contributed by atoms with E-state index in [4.69, 9.17) is 16.3 Å². The van der Waals surface area contributed by atoms with Gasteiger partial charge < -0.3 is 4.74 Å². The van der Waals surface area contributed by atoms with Gasteiger partial charge in [0.2, 0.25) is 0 Å². The van der Waals surface area contributed by atoms with Crippen molar-refractivity contribution in [2.45, 2.75) is 5.88 Å². The number of alkyl halides is 1. The highest BCUT2D eigenvalue weighted by Crippen LogP contribution is 2.32. The molecule has 0 heterocycles. The monoisotopic (exact) mass is 418 g/mol. The molecule has 4 aromatic carbocycles. The second-order valence-corrected chi connectivity index (χ2v) is 8.81. The zero-order chi connectivity index (χ0) is 20.3. The van der Waals surface area contributed by atoms with Crippen molar-refractivity contribution in [1.82, 2.24) is 0 Å². The highest BCUT2D eigenvalue weighted by Gasteiger charge is 2.14. The van der Waals surface area contributed by atoms with Crippen LogP contribution in [0.3, 0.4) is 0 Å². The minimum absolute atomic E-state index is 0.446. The predicted molar refractivity (Wildman–Crippen MR) is 128 cm³/mol. The Labute approximate surface area is 179 Å². The van der Waals surface area contributed by atoms with Gasteiger partial charge in [-0.2, -0.15) is 0 Å². The molecule has 3 heteroatoms. The van der Waals surface area contributed by atoms with Crippen LogP contribution >= 0.6 is 19.5 Å². The fourth-order valence-electron chi connectivity index (χ4n) is 2.89. The van der Waals surface area contributed by atoms with Crippen molar-refractivity contribution in [3.05, 3.63) is 121 Å². The molecule has 146 valence electrons. The average molecular weight is 419 g/mol. The summed E-state index contributed by atoms with van der Waals surface area (Å²) in [4.78, 5) is 0. The number of hydrogen-bond acceptors (Lipinski definition) is 1. The number of halogens is 1. The van der Waals surface area contributed by atoms with Crippen molar-refractivity contribution in [1.29, 1.82) is 0 Å². The SMILES string of the molecule is COc1ccc(CCl)cc1.c1ccc(P(c2ccccc2)c2ccccc2)cc1. The molecule has 0 spiro atoms. The quantitative estimate of drug-likeness (QED) is 0.290. The molecular formula is C26H24ClOP. The molecule has 0 N–H and O–H groups in total. The largest absolute Gasteiger partial charge is 0.497 e. The van der Waals surface area contributed by atoms with Crippen LogP contribution in [-0.4, -0.2) is 7.11 Å². The number of rotatable bonds is 5. The smallest absolute Gasteiger partial charge is 0.118 e. The fourth-order valence-corrected chi connectivity index (χ4v) is 5.38. The summed E-state index contributed by atoms with van der Waals surface area (Å²) in [7, 11) is 1.20. The molecule has 0 amide bonds. The van der Waals surface area contributed by atoms with Gasteiger partial charge >= 0.3 is 0 Å². The lowest BCUT2D eigenvalue weighted by Gasteiger charge is -2.18. The highest BCUT2D eigenvalue weighted by molar-refractivity contribution is 7.79. The van der Waals surface area contributed by atoms with Gasteiger partial charge in [-0.05, 0) is 41.5 Å². The number of benzene rings is 4. The van der Waals surface area contributed by atoms with Crippen LogP contribution in [0.1, 0.15) is 5.56 Å². The summed E-state index contributed by atoms with van der Waals surface area (Å²) < 4.78 is 4.97. The van der Waals surface area contributed by atoms with Crippen LogP contribution < -0.4 is 20.7 Å². The van der Waals surface area contributed by atoms with Gasteiger partial charge in [-0.15, -0.1) is 11.6 Å². The Balaban J connectivity index is 0.000000204. The zero-order valence-electron chi connectivity index (χ0n) is 16.4. The predicted octanol–water partition coefficient (Wildman–Crippen LogP) is 5.88. The van der Waals surface area contributed by atoms with Crippen LogP contribution in [0, 0.1) is 0 Å². The van der Waals surface area contributed by atoms with Gasteiger partial charge in [0.25, 0.3) is 0 Å². The van der Waals surface area contributed by atoms with E-state index >= 15 is 0 Å². The molecule has 4 aromatic rings. The van der Waals surface area contributed by atoms with E-state index in [0.29, 0.717) is 5.88 Å². The average Bonchev–Trinajstić information content (AvgIpc) is 2.82. The van der Waals surface area contributed by atoms with Crippen LogP contribution in [0.2, 0.25) is 0 Å². The van der Waals surface area contributed by atoms with Crippen molar-refractivity contribution >= 4 is 35.4 Å². The minimum atomic E-state index is -0.446. The molecule has 0 saturated heterocycles. The summed E-state index contributed by atoms with van der Waals surface area (Å²) in [5.74, 6) is 1.43. The molecule has 0 aliphatic carbocycles. The summed E-state index contributed by atoms with van der Waals surface area (Å²) >= 11 is 5.58. The van der Waals surface area contributed by atoms with E-state index in [-0.39, 0.29) is 0 Å². The summed E-state index contributed by atoms with van der Waals surface area (Å²) in [5.41, 5.74) is 1.11. The highest BCUT2D eigenvalue weighted by atomic mass is 35.5. The Morgan fingerprint density at radius 2 is 0.966 bits per heavy atom. The standard InChI is InChI=1S/C18H15P.C8H9ClO/c1-4-10-16(11-5-1)19(17-12-6-2-7-13-17)18-14-8-3-9-15-18;1-10-8-4-2-7(6-9)3-5-8/h1-15H;2-5H,6H2,1H3. The Hall–Kier alpha value is -2.60. The van der Waals surface area contributed by atoms with Crippen LogP contribution in [0.25, 0.3) is 0 Å². The third-order valence-electron chi connectivity index (χ3n) is 4.36. The Bertz CT molecular complexity index is 841. The van der Waals surface area contributed by atoms with Gasteiger partial charge in [-0.3, -0.25) is 0 Å². The Morgan fingerprint density at radius 1 is 0.586 bits per heavy atom. The molecule has 1 nitrogen and oxygen atoms in total. The van der Waals surface area contributed by atoms with E-state index < -0.39 is 7.92 Å². The first-order valence-corrected chi connectivity index (χ1v) is 11.3. The van der Waals surface area contributed by atoms with Crippen molar-refractivity contribution in [2.75, 3.05) is 7.11 Å². The lowest BCUT2D eigenvalue weighted by Crippen LogP contribution is -2.20. The van der Waals surface area contributed by atoms with Crippen LogP contribution in [0.4, 0.5) is 0 Å². The molecule has 0 unspecified atom stereocenters.